The molecule has 0 aromatic carbocycles. The molecular weight excluding hydrogens is 364 g/mol. The third-order valence-corrected chi connectivity index (χ3v) is 5.54. The summed E-state index contributed by atoms with van der Waals surface area (Å²) in [4.78, 5) is 11.6. The Morgan fingerprint density at radius 3 is 2.83 bits per heavy atom. The molecule has 154 valence electrons. The summed E-state index contributed by atoms with van der Waals surface area (Å²) in [5, 5.41) is 6.88. The van der Waals surface area contributed by atoms with Gasteiger partial charge in [-0.1, -0.05) is 6.07 Å². The molecule has 29 heavy (non-hydrogen) atoms. The molecule has 0 spiro atoms. The molecule has 0 aliphatic carbocycles. The first-order valence-corrected chi connectivity index (χ1v) is 10.4. The molecule has 3 aromatic rings. The Morgan fingerprint density at radius 2 is 2.10 bits per heavy atom. The number of hydrogen-bond donors (Lipinski definition) is 2. The fourth-order valence-electron chi connectivity index (χ4n) is 3.99. The molecule has 4 heterocycles. The molecule has 0 radical (unpaired) electrons. The average molecular weight is 395 g/mol. The Balaban J connectivity index is 1.31. The van der Waals surface area contributed by atoms with Crippen LogP contribution in [-0.2, 0) is 6.42 Å². The van der Waals surface area contributed by atoms with E-state index in [1.165, 1.54) is 18.4 Å². The summed E-state index contributed by atoms with van der Waals surface area (Å²) in [6.45, 7) is 5.86. The summed E-state index contributed by atoms with van der Waals surface area (Å²) < 4.78 is 7.78. The van der Waals surface area contributed by atoms with Gasteiger partial charge in [-0.2, -0.15) is 0 Å². The van der Waals surface area contributed by atoms with E-state index in [-0.39, 0.29) is 6.04 Å². The van der Waals surface area contributed by atoms with Crippen LogP contribution in [0, 0.1) is 6.92 Å². The molecule has 0 bridgehead atoms. The zero-order valence-corrected chi connectivity index (χ0v) is 17.3. The van der Waals surface area contributed by atoms with Crippen LogP contribution in [0.1, 0.15) is 35.9 Å². The minimum Gasteiger partial charge on any atom is -0.468 e. The number of pyridine rings is 1. The Kier molecular flexibility index (Phi) is 6.14. The molecule has 3 aromatic heterocycles. The smallest absolute Gasteiger partial charge is 0.191 e. The maximum absolute atomic E-state index is 5.70. The van der Waals surface area contributed by atoms with Crippen molar-refractivity contribution in [2.24, 2.45) is 4.99 Å². The van der Waals surface area contributed by atoms with Gasteiger partial charge in [-0.05, 0) is 56.6 Å². The molecule has 1 aliphatic rings. The molecule has 1 atom stereocenters. The lowest BCUT2D eigenvalue weighted by molar-refractivity contribution is 0.215. The maximum Gasteiger partial charge on any atom is 0.191 e. The van der Waals surface area contributed by atoms with Gasteiger partial charge in [0.2, 0.25) is 0 Å². The number of aryl methyl sites for hydroxylation is 1. The molecule has 7 nitrogen and oxygen atoms in total. The Morgan fingerprint density at radius 1 is 1.24 bits per heavy atom. The third kappa shape index (κ3) is 4.62. The van der Waals surface area contributed by atoms with Gasteiger partial charge in [0.1, 0.15) is 11.4 Å². The van der Waals surface area contributed by atoms with Crippen LogP contribution in [0.5, 0.6) is 0 Å². The van der Waals surface area contributed by atoms with Crippen molar-refractivity contribution in [1.29, 1.82) is 0 Å². The number of guanidine groups is 1. The molecule has 4 rings (SSSR count). The Hall–Kier alpha value is -2.80. The highest BCUT2D eigenvalue weighted by molar-refractivity contribution is 5.79. The van der Waals surface area contributed by atoms with Crippen LogP contribution < -0.4 is 10.6 Å². The number of hydrogen-bond acceptors (Lipinski definition) is 4. The SMILES string of the molecule is CN=C(NCCc1cn2cccc(C)c2n1)NCC(c1ccco1)N1CCCC1. The van der Waals surface area contributed by atoms with Crippen LogP contribution in [-0.4, -0.2) is 53.5 Å². The van der Waals surface area contributed by atoms with Crippen molar-refractivity contribution in [1.82, 2.24) is 24.9 Å². The molecule has 2 N–H and O–H groups in total. The van der Waals surface area contributed by atoms with Gasteiger partial charge in [0.25, 0.3) is 0 Å². The van der Waals surface area contributed by atoms with Crippen molar-refractivity contribution >= 4 is 11.6 Å². The van der Waals surface area contributed by atoms with E-state index in [0.29, 0.717) is 0 Å². The summed E-state index contributed by atoms with van der Waals surface area (Å²) in [6.07, 6.45) is 9.24. The highest BCUT2D eigenvalue weighted by atomic mass is 16.3. The van der Waals surface area contributed by atoms with Crippen molar-refractivity contribution < 1.29 is 4.42 Å². The summed E-state index contributed by atoms with van der Waals surface area (Å²) in [5.41, 5.74) is 3.29. The van der Waals surface area contributed by atoms with Crippen molar-refractivity contribution in [2.75, 3.05) is 33.2 Å². The van der Waals surface area contributed by atoms with Gasteiger partial charge in [0, 0.05) is 39.0 Å². The molecule has 1 unspecified atom stereocenters. The van der Waals surface area contributed by atoms with E-state index in [0.717, 1.165) is 55.7 Å². The maximum atomic E-state index is 5.70. The zero-order chi connectivity index (χ0) is 20.1. The van der Waals surface area contributed by atoms with E-state index >= 15 is 0 Å². The molecule has 1 aliphatic heterocycles. The standard InChI is InChI=1S/C22H30N6O/c1-17-7-5-13-28-16-18(26-21(17)28)9-10-24-22(23-2)25-15-19(20-8-6-14-29-20)27-11-3-4-12-27/h5-8,13-14,16,19H,3-4,9-12,15H2,1-2H3,(H2,23,24,25). The summed E-state index contributed by atoms with van der Waals surface area (Å²) in [7, 11) is 1.81. The minimum atomic E-state index is 0.229. The van der Waals surface area contributed by atoms with Gasteiger partial charge in [0.05, 0.1) is 18.0 Å². The third-order valence-electron chi connectivity index (χ3n) is 5.54. The van der Waals surface area contributed by atoms with Crippen molar-refractivity contribution in [3.8, 4) is 0 Å². The van der Waals surface area contributed by atoms with Crippen molar-refractivity contribution in [3.63, 3.8) is 0 Å². The molecule has 1 saturated heterocycles. The summed E-state index contributed by atoms with van der Waals surface area (Å²) in [5.74, 6) is 1.82. The topological polar surface area (TPSA) is 70.1 Å². The largest absolute Gasteiger partial charge is 0.468 e. The van der Waals surface area contributed by atoms with Crippen LogP contribution in [0.15, 0.2) is 52.3 Å². The molecule has 1 fully saturated rings. The highest BCUT2D eigenvalue weighted by Crippen LogP contribution is 2.24. The number of aliphatic imine (C=N–C) groups is 1. The number of rotatable bonds is 7. The predicted molar refractivity (Wildman–Crippen MR) is 115 cm³/mol. The molecule has 0 amide bonds. The number of nitrogens with one attached hydrogen (secondary N) is 2. The van der Waals surface area contributed by atoms with Gasteiger partial charge >= 0.3 is 0 Å². The van der Waals surface area contributed by atoms with Crippen LogP contribution >= 0.6 is 0 Å². The van der Waals surface area contributed by atoms with E-state index < -0.39 is 0 Å². The van der Waals surface area contributed by atoms with E-state index in [2.05, 4.69) is 50.2 Å². The summed E-state index contributed by atoms with van der Waals surface area (Å²) >= 11 is 0. The molecule has 0 saturated carbocycles. The van der Waals surface area contributed by atoms with Gasteiger partial charge in [-0.3, -0.25) is 9.89 Å². The Bertz CT molecular complexity index is 940. The molecular formula is C22H30N6O. The fraction of sp³-hybridized carbons (Fsp3) is 0.455. The minimum absolute atomic E-state index is 0.229. The van der Waals surface area contributed by atoms with Gasteiger partial charge in [-0.25, -0.2) is 4.98 Å². The van der Waals surface area contributed by atoms with Crippen LogP contribution in [0.25, 0.3) is 5.65 Å². The van der Waals surface area contributed by atoms with Crippen molar-refractivity contribution in [3.05, 3.63) is 59.9 Å². The average Bonchev–Trinajstić information content (AvgIpc) is 3.49. The lowest BCUT2D eigenvalue weighted by atomic mass is 10.2. The first kappa shape index (κ1) is 19.5. The second kappa shape index (κ2) is 9.13. The quantitative estimate of drug-likeness (QED) is 0.476. The van der Waals surface area contributed by atoms with Crippen LogP contribution in [0.3, 0.4) is 0 Å². The number of fused-ring (bicyclic) bond motifs is 1. The number of nitrogens with zero attached hydrogens (tertiary/aromatic N) is 4. The first-order chi connectivity index (χ1) is 14.2. The number of imidazole rings is 1. The first-order valence-electron chi connectivity index (χ1n) is 10.4. The molecule has 7 heteroatoms. The van der Waals surface area contributed by atoms with Gasteiger partial charge < -0.3 is 19.5 Å². The zero-order valence-electron chi connectivity index (χ0n) is 17.3. The van der Waals surface area contributed by atoms with Crippen LogP contribution in [0.2, 0.25) is 0 Å². The van der Waals surface area contributed by atoms with E-state index in [1.54, 1.807) is 13.3 Å². The van der Waals surface area contributed by atoms with Gasteiger partial charge in [0.15, 0.2) is 5.96 Å². The van der Waals surface area contributed by atoms with E-state index in [4.69, 9.17) is 9.40 Å². The van der Waals surface area contributed by atoms with Crippen molar-refractivity contribution in [2.45, 2.75) is 32.2 Å². The lowest BCUT2D eigenvalue weighted by Gasteiger charge is -2.26. The Labute approximate surface area is 171 Å². The number of likely N-dealkylation sites (tertiary alicyclic amines) is 1. The second-order valence-corrected chi connectivity index (χ2v) is 7.56. The fourth-order valence-corrected chi connectivity index (χ4v) is 3.99. The van der Waals surface area contributed by atoms with Crippen LogP contribution in [0.4, 0.5) is 0 Å². The second-order valence-electron chi connectivity index (χ2n) is 7.56. The van der Waals surface area contributed by atoms with Gasteiger partial charge in [-0.15, -0.1) is 0 Å². The van der Waals surface area contributed by atoms with E-state index in [1.807, 2.05) is 18.3 Å². The monoisotopic (exact) mass is 394 g/mol. The number of furan rings is 1. The predicted octanol–water partition coefficient (Wildman–Crippen LogP) is 2.78. The summed E-state index contributed by atoms with van der Waals surface area (Å²) in [6, 6.07) is 8.39. The van der Waals surface area contributed by atoms with E-state index in [9.17, 15) is 0 Å². The lowest BCUT2D eigenvalue weighted by Crippen LogP contribution is -2.43. The normalized spacial score (nSPS) is 16.4. The number of aromatic nitrogens is 2. The highest BCUT2D eigenvalue weighted by Gasteiger charge is 2.25.